The van der Waals surface area contributed by atoms with Gasteiger partial charge in [0, 0.05) is 42.6 Å². The van der Waals surface area contributed by atoms with Crippen LogP contribution < -0.4 is 10.2 Å². The largest absolute Gasteiger partial charge is 0.507 e. The lowest BCUT2D eigenvalue weighted by Gasteiger charge is -2.22. The second kappa shape index (κ2) is 11.6. The maximum Gasteiger partial charge on any atom is 0.161 e. The monoisotopic (exact) mass is 422 g/mol. The predicted octanol–water partition coefficient (Wildman–Crippen LogP) is 5.63. The molecule has 0 aliphatic rings. The molecular formula is C25H30N2O4. The number of nitrogens with one attached hydrogen (secondary N) is 1. The van der Waals surface area contributed by atoms with E-state index in [1.165, 1.54) is 0 Å². The third-order valence-electron chi connectivity index (χ3n) is 4.85. The number of Topliss-reactive ketones (excluding diaryl/α,β-unsaturated/α-hetero) is 1. The van der Waals surface area contributed by atoms with Crippen molar-refractivity contribution in [3.05, 3.63) is 65.9 Å². The molecule has 0 bridgehead atoms. The number of nitrogens with zero attached hydrogens (tertiary/aromatic N) is 1. The summed E-state index contributed by atoms with van der Waals surface area (Å²) in [6, 6.07) is 14.5. The Bertz CT molecular complexity index is 997. The molecule has 1 heterocycles. The van der Waals surface area contributed by atoms with Gasteiger partial charge in [-0.2, -0.15) is 0 Å². The summed E-state index contributed by atoms with van der Waals surface area (Å²) < 4.78 is 5.31. The molecule has 3 rings (SSSR count). The number of aromatic hydroxyl groups is 1. The second-order valence-electron chi connectivity index (χ2n) is 6.98. The van der Waals surface area contributed by atoms with Crippen molar-refractivity contribution in [2.24, 2.45) is 0 Å². The molecule has 0 saturated heterocycles. The molecule has 164 valence electrons. The topological polar surface area (TPSA) is 82.8 Å². The Labute approximate surface area is 183 Å². The van der Waals surface area contributed by atoms with E-state index in [4.69, 9.17) is 4.42 Å². The number of phenolic OH excluding ortho intramolecular Hbond substituents is 1. The molecule has 0 atom stereocenters. The van der Waals surface area contributed by atoms with E-state index in [0.29, 0.717) is 17.4 Å². The lowest BCUT2D eigenvalue weighted by atomic mass is 10.0. The van der Waals surface area contributed by atoms with Gasteiger partial charge in [0.05, 0.1) is 11.8 Å². The van der Waals surface area contributed by atoms with Crippen LogP contribution in [0.3, 0.4) is 0 Å². The van der Waals surface area contributed by atoms with Gasteiger partial charge in [-0.1, -0.05) is 13.0 Å². The zero-order valence-electron chi connectivity index (χ0n) is 18.5. The van der Waals surface area contributed by atoms with Crippen molar-refractivity contribution in [2.45, 2.75) is 27.2 Å². The molecule has 3 aromatic rings. The van der Waals surface area contributed by atoms with Crippen LogP contribution in [0.1, 0.15) is 47.9 Å². The maximum atomic E-state index is 11.4. The number of aldehydes is 1. The standard InChI is InChI=1S/C13H13NO2.C12H17NO2/c1-9(15)11-6-5-10(8-12(11)14-2)13-4-3-7-16-13;1-3-7-13(4-2)11-5-6-12(15)10(8-11)9-14/h3-8,14H,1-2H3;5-6,8-9,15H,3-4,7H2,1-2H3. The minimum atomic E-state index is 0.0429. The van der Waals surface area contributed by atoms with Crippen molar-refractivity contribution in [3.8, 4) is 17.1 Å². The van der Waals surface area contributed by atoms with Crippen LogP contribution in [0.2, 0.25) is 0 Å². The Morgan fingerprint density at radius 1 is 1.16 bits per heavy atom. The van der Waals surface area contributed by atoms with E-state index in [2.05, 4.69) is 24.1 Å². The van der Waals surface area contributed by atoms with Gasteiger partial charge in [0.25, 0.3) is 0 Å². The van der Waals surface area contributed by atoms with Gasteiger partial charge in [0.15, 0.2) is 12.1 Å². The van der Waals surface area contributed by atoms with Crippen LogP contribution in [0.5, 0.6) is 5.75 Å². The summed E-state index contributed by atoms with van der Waals surface area (Å²) in [4.78, 5) is 24.2. The number of carbonyl (C=O) groups is 2. The van der Waals surface area contributed by atoms with Crippen LogP contribution >= 0.6 is 0 Å². The number of hydrogen-bond donors (Lipinski definition) is 2. The lowest BCUT2D eigenvalue weighted by Crippen LogP contribution is -2.23. The maximum absolute atomic E-state index is 11.4. The van der Waals surface area contributed by atoms with Crippen molar-refractivity contribution in [2.75, 3.05) is 30.4 Å². The van der Waals surface area contributed by atoms with Gasteiger partial charge in [0.2, 0.25) is 0 Å². The zero-order valence-corrected chi connectivity index (χ0v) is 18.5. The first kappa shape index (κ1) is 23.7. The summed E-state index contributed by atoms with van der Waals surface area (Å²) in [5, 5.41) is 12.4. The number of benzene rings is 2. The number of ketones is 1. The minimum absolute atomic E-state index is 0.0429. The third-order valence-corrected chi connectivity index (χ3v) is 4.85. The molecule has 2 aromatic carbocycles. The first-order valence-corrected chi connectivity index (χ1v) is 10.3. The summed E-state index contributed by atoms with van der Waals surface area (Å²) in [5.74, 6) is 0.892. The average molecular weight is 423 g/mol. The van der Waals surface area contributed by atoms with Crippen molar-refractivity contribution < 1.29 is 19.1 Å². The molecule has 0 amide bonds. The van der Waals surface area contributed by atoms with Gasteiger partial charge in [-0.3, -0.25) is 9.59 Å². The highest BCUT2D eigenvalue weighted by atomic mass is 16.3. The Kier molecular flexibility index (Phi) is 8.88. The molecule has 0 aliphatic heterocycles. The van der Waals surface area contributed by atoms with Crippen LogP contribution in [0.15, 0.2) is 59.2 Å². The average Bonchev–Trinajstić information content (AvgIpc) is 3.33. The number of furan rings is 1. The summed E-state index contributed by atoms with van der Waals surface area (Å²) in [7, 11) is 1.80. The van der Waals surface area contributed by atoms with Gasteiger partial charge in [-0.15, -0.1) is 0 Å². The van der Waals surface area contributed by atoms with E-state index in [0.717, 1.165) is 42.2 Å². The molecule has 2 N–H and O–H groups in total. The van der Waals surface area contributed by atoms with Crippen LogP contribution in [0, 0.1) is 0 Å². The molecule has 0 aliphatic carbocycles. The fraction of sp³-hybridized carbons (Fsp3) is 0.280. The zero-order chi connectivity index (χ0) is 22.8. The van der Waals surface area contributed by atoms with Crippen molar-refractivity contribution in [3.63, 3.8) is 0 Å². The number of phenols is 1. The Hall–Kier alpha value is -3.54. The van der Waals surface area contributed by atoms with E-state index in [1.807, 2.05) is 36.4 Å². The third kappa shape index (κ3) is 6.22. The van der Waals surface area contributed by atoms with Gasteiger partial charge in [-0.25, -0.2) is 0 Å². The van der Waals surface area contributed by atoms with E-state index in [1.54, 1.807) is 32.4 Å². The first-order chi connectivity index (χ1) is 14.9. The van der Waals surface area contributed by atoms with E-state index in [9.17, 15) is 14.7 Å². The molecule has 0 radical (unpaired) electrons. The molecule has 0 spiro atoms. The Balaban J connectivity index is 0.000000221. The van der Waals surface area contributed by atoms with Crippen LogP contribution in [-0.2, 0) is 0 Å². The van der Waals surface area contributed by atoms with Crippen molar-refractivity contribution in [1.82, 2.24) is 0 Å². The number of hydrogen-bond acceptors (Lipinski definition) is 6. The highest BCUT2D eigenvalue weighted by Gasteiger charge is 2.09. The molecule has 0 saturated carbocycles. The Morgan fingerprint density at radius 3 is 2.48 bits per heavy atom. The predicted molar refractivity (Wildman–Crippen MR) is 125 cm³/mol. The summed E-state index contributed by atoms with van der Waals surface area (Å²) >= 11 is 0. The highest BCUT2D eigenvalue weighted by molar-refractivity contribution is 6.00. The molecule has 6 nitrogen and oxygen atoms in total. The second-order valence-corrected chi connectivity index (χ2v) is 6.98. The van der Waals surface area contributed by atoms with E-state index >= 15 is 0 Å². The van der Waals surface area contributed by atoms with Crippen LogP contribution in [-0.4, -0.2) is 37.3 Å². The summed E-state index contributed by atoms with van der Waals surface area (Å²) in [6.07, 6.45) is 3.37. The van der Waals surface area contributed by atoms with E-state index < -0.39 is 0 Å². The smallest absolute Gasteiger partial charge is 0.161 e. The van der Waals surface area contributed by atoms with Crippen molar-refractivity contribution in [1.29, 1.82) is 0 Å². The number of anilines is 2. The van der Waals surface area contributed by atoms with Gasteiger partial charge >= 0.3 is 0 Å². The highest BCUT2D eigenvalue weighted by Crippen LogP contribution is 2.26. The van der Waals surface area contributed by atoms with Crippen LogP contribution in [0.25, 0.3) is 11.3 Å². The SMILES string of the molecule is CCCN(CC)c1ccc(O)c(C=O)c1.CNc1cc(-c2ccco2)ccc1C(C)=O. The van der Waals surface area contributed by atoms with Crippen molar-refractivity contribution >= 4 is 23.4 Å². The molecule has 1 aromatic heterocycles. The van der Waals surface area contributed by atoms with Crippen LogP contribution in [0.4, 0.5) is 11.4 Å². The molecular weight excluding hydrogens is 392 g/mol. The fourth-order valence-electron chi connectivity index (χ4n) is 3.23. The van der Waals surface area contributed by atoms with Gasteiger partial charge in [0.1, 0.15) is 11.5 Å². The molecule has 0 unspecified atom stereocenters. The molecule has 6 heteroatoms. The first-order valence-electron chi connectivity index (χ1n) is 10.3. The quantitative estimate of drug-likeness (QED) is 0.361. The summed E-state index contributed by atoms with van der Waals surface area (Å²) in [5.41, 5.74) is 3.81. The molecule has 31 heavy (non-hydrogen) atoms. The lowest BCUT2D eigenvalue weighted by molar-refractivity contribution is 0.101. The molecule has 0 fully saturated rings. The normalized spacial score (nSPS) is 10.1. The van der Waals surface area contributed by atoms with Gasteiger partial charge < -0.3 is 19.7 Å². The number of rotatable bonds is 8. The minimum Gasteiger partial charge on any atom is -0.507 e. The Morgan fingerprint density at radius 2 is 1.94 bits per heavy atom. The number of carbonyl (C=O) groups excluding carboxylic acids is 2. The van der Waals surface area contributed by atoms with E-state index in [-0.39, 0.29) is 11.5 Å². The van der Waals surface area contributed by atoms with Gasteiger partial charge in [-0.05, 0) is 62.7 Å². The fourth-order valence-corrected chi connectivity index (χ4v) is 3.23. The summed E-state index contributed by atoms with van der Waals surface area (Å²) in [6.45, 7) is 7.60.